The van der Waals surface area contributed by atoms with Crippen LogP contribution in [-0.4, -0.2) is 10.1 Å². The van der Waals surface area contributed by atoms with Crippen molar-refractivity contribution in [2.24, 2.45) is 0 Å². The van der Waals surface area contributed by atoms with Gasteiger partial charge in [-0.25, -0.2) is 8.78 Å². The molecule has 0 fully saturated rings. The number of benzene rings is 1. The van der Waals surface area contributed by atoms with Gasteiger partial charge in [0.05, 0.1) is 11.1 Å². The van der Waals surface area contributed by atoms with E-state index in [-0.39, 0.29) is 10.6 Å². The summed E-state index contributed by atoms with van der Waals surface area (Å²) in [5.41, 5.74) is 0.684. The Morgan fingerprint density at radius 3 is 2.42 bits per heavy atom. The third-order valence-electron chi connectivity index (χ3n) is 3.06. The van der Waals surface area contributed by atoms with Crippen molar-refractivity contribution in [1.29, 1.82) is 0 Å². The molecule has 2 atom stereocenters. The fourth-order valence-corrected chi connectivity index (χ4v) is 2.03. The summed E-state index contributed by atoms with van der Waals surface area (Å²) in [6, 6.07) is 5.24. The molecule has 0 spiro atoms. The maximum atomic E-state index is 13.7. The highest BCUT2D eigenvalue weighted by Crippen LogP contribution is 2.33. The number of aliphatic hydroxyl groups is 1. The van der Waals surface area contributed by atoms with Crippen molar-refractivity contribution in [2.45, 2.75) is 18.9 Å². The number of aliphatic hydroxyl groups excluding tert-OH is 1. The van der Waals surface area contributed by atoms with Crippen LogP contribution < -0.4 is 0 Å². The van der Waals surface area contributed by atoms with E-state index in [1.54, 1.807) is 31.5 Å². The van der Waals surface area contributed by atoms with Crippen LogP contribution in [0.15, 0.2) is 36.7 Å². The molecule has 100 valence electrons. The molecule has 0 bridgehead atoms. The van der Waals surface area contributed by atoms with Gasteiger partial charge in [0, 0.05) is 23.9 Å². The standard InChI is InChI=1S/C14H12ClF2NO/c1-8(9-2-4-18-5-3-9)14(19)10-6-13(17)11(15)7-12(10)16/h2-8,14,19H,1H3. The molecule has 0 aliphatic rings. The molecule has 0 saturated carbocycles. The second-order valence-electron chi connectivity index (χ2n) is 4.30. The highest BCUT2D eigenvalue weighted by atomic mass is 35.5. The smallest absolute Gasteiger partial charge is 0.142 e. The van der Waals surface area contributed by atoms with E-state index in [9.17, 15) is 13.9 Å². The van der Waals surface area contributed by atoms with Crippen LogP contribution in [0.1, 0.15) is 30.1 Å². The van der Waals surface area contributed by atoms with Crippen LogP contribution >= 0.6 is 11.6 Å². The minimum atomic E-state index is -1.16. The predicted molar refractivity (Wildman–Crippen MR) is 69.0 cm³/mol. The van der Waals surface area contributed by atoms with E-state index >= 15 is 0 Å². The Hall–Kier alpha value is -1.52. The minimum absolute atomic E-state index is 0.105. The van der Waals surface area contributed by atoms with E-state index in [0.29, 0.717) is 0 Å². The average Bonchev–Trinajstić information content (AvgIpc) is 2.42. The first-order valence-corrected chi connectivity index (χ1v) is 6.11. The monoisotopic (exact) mass is 283 g/mol. The zero-order chi connectivity index (χ0) is 14.0. The molecule has 0 aliphatic heterocycles. The number of rotatable bonds is 3. The van der Waals surface area contributed by atoms with E-state index in [0.717, 1.165) is 17.7 Å². The average molecular weight is 284 g/mol. The van der Waals surface area contributed by atoms with E-state index < -0.39 is 23.7 Å². The quantitative estimate of drug-likeness (QED) is 0.868. The first kappa shape index (κ1) is 13.9. The van der Waals surface area contributed by atoms with E-state index in [2.05, 4.69) is 4.98 Å². The minimum Gasteiger partial charge on any atom is -0.388 e. The van der Waals surface area contributed by atoms with Crippen LogP contribution in [0, 0.1) is 11.6 Å². The molecular weight excluding hydrogens is 272 g/mol. The SMILES string of the molecule is CC(c1ccncc1)C(O)c1cc(F)c(Cl)cc1F. The normalized spacial score (nSPS) is 14.2. The van der Waals surface area contributed by atoms with Crippen LogP contribution in [0.4, 0.5) is 8.78 Å². The molecule has 2 nitrogen and oxygen atoms in total. The molecule has 1 aromatic carbocycles. The molecule has 0 amide bonds. The summed E-state index contributed by atoms with van der Waals surface area (Å²) in [4.78, 5) is 3.87. The third kappa shape index (κ3) is 2.91. The first-order chi connectivity index (χ1) is 9.00. The molecule has 1 aromatic heterocycles. The largest absolute Gasteiger partial charge is 0.388 e. The molecule has 1 N–H and O–H groups in total. The lowest BCUT2D eigenvalue weighted by Crippen LogP contribution is -2.10. The van der Waals surface area contributed by atoms with Crippen molar-refractivity contribution in [2.75, 3.05) is 0 Å². The van der Waals surface area contributed by atoms with Gasteiger partial charge < -0.3 is 5.11 Å². The van der Waals surface area contributed by atoms with Gasteiger partial charge in [0.15, 0.2) is 0 Å². The molecule has 1 heterocycles. The predicted octanol–water partition coefficient (Wildman–Crippen LogP) is 3.85. The highest BCUT2D eigenvalue weighted by Gasteiger charge is 2.22. The Morgan fingerprint density at radius 2 is 1.79 bits per heavy atom. The summed E-state index contributed by atoms with van der Waals surface area (Å²) in [6.45, 7) is 1.73. The number of halogens is 3. The molecule has 5 heteroatoms. The Morgan fingerprint density at radius 1 is 1.16 bits per heavy atom. The fourth-order valence-electron chi connectivity index (χ4n) is 1.88. The molecule has 2 aromatic rings. The zero-order valence-electron chi connectivity index (χ0n) is 10.1. The number of nitrogens with zero attached hydrogens (tertiary/aromatic N) is 1. The molecule has 0 radical (unpaired) electrons. The van der Waals surface area contributed by atoms with E-state index in [1.807, 2.05) is 0 Å². The van der Waals surface area contributed by atoms with Crippen molar-refractivity contribution in [1.82, 2.24) is 4.98 Å². The van der Waals surface area contributed by atoms with Gasteiger partial charge in [-0.1, -0.05) is 18.5 Å². The van der Waals surface area contributed by atoms with Gasteiger partial charge in [-0.3, -0.25) is 4.98 Å². The molecular formula is C14H12ClF2NO. The van der Waals surface area contributed by atoms with Gasteiger partial charge in [-0.2, -0.15) is 0 Å². The van der Waals surface area contributed by atoms with Crippen molar-refractivity contribution >= 4 is 11.6 Å². The van der Waals surface area contributed by atoms with Gasteiger partial charge in [0.1, 0.15) is 11.6 Å². The summed E-state index contributed by atoms with van der Waals surface area (Å²) in [7, 11) is 0. The summed E-state index contributed by atoms with van der Waals surface area (Å²) in [5, 5.41) is 9.87. The number of hydrogen-bond acceptors (Lipinski definition) is 2. The van der Waals surface area contributed by atoms with E-state index in [4.69, 9.17) is 11.6 Å². The second-order valence-corrected chi connectivity index (χ2v) is 4.71. The Bertz CT molecular complexity index is 577. The van der Waals surface area contributed by atoms with E-state index in [1.165, 1.54) is 0 Å². The summed E-state index contributed by atoms with van der Waals surface area (Å²) in [5.74, 6) is -1.86. The summed E-state index contributed by atoms with van der Waals surface area (Å²) < 4.78 is 27.1. The second kappa shape index (κ2) is 5.63. The Balaban J connectivity index is 2.34. The molecule has 19 heavy (non-hydrogen) atoms. The first-order valence-electron chi connectivity index (χ1n) is 5.73. The topological polar surface area (TPSA) is 33.1 Å². The van der Waals surface area contributed by atoms with Crippen molar-refractivity contribution in [3.05, 3.63) is 64.4 Å². The highest BCUT2D eigenvalue weighted by molar-refractivity contribution is 6.30. The van der Waals surface area contributed by atoms with Crippen LogP contribution in [0.2, 0.25) is 5.02 Å². The molecule has 2 rings (SSSR count). The summed E-state index contributed by atoms with van der Waals surface area (Å²) >= 11 is 5.48. The molecule has 0 saturated heterocycles. The Kier molecular flexibility index (Phi) is 4.12. The lowest BCUT2D eigenvalue weighted by molar-refractivity contribution is 0.146. The van der Waals surface area contributed by atoms with Crippen molar-refractivity contribution < 1.29 is 13.9 Å². The van der Waals surface area contributed by atoms with Crippen LogP contribution in [0.5, 0.6) is 0 Å². The zero-order valence-corrected chi connectivity index (χ0v) is 10.9. The van der Waals surface area contributed by atoms with Gasteiger partial charge in [-0.05, 0) is 29.8 Å². The van der Waals surface area contributed by atoms with Gasteiger partial charge >= 0.3 is 0 Å². The van der Waals surface area contributed by atoms with Crippen LogP contribution in [-0.2, 0) is 0 Å². The van der Waals surface area contributed by atoms with Gasteiger partial charge in [0.2, 0.25) is 0 Å². The lowest BCUT2D eigenvalue weighted by Gasteiger charge is -2.20. The van der Waals surface area contributed by atoms with Gasteiger partial charge in [0.25, 0.3) is 0 Å². The maximum absolute atomic E-state index is 13.7. The lowest BCUT2D eigenvalue weighted by atomic mass is 9.91. The molecule has 0 aliphatic carbocycles. The van der Waals surface area contributed by atoms with Gasteiger partial charge in [-0.15, -0.1) is 0 Å². The van der Waals surface area contributed by atoms with Crippen molar-refractivity contribution in [3.63, 3.8) is 0 Å². The maximum Gasteiger partial charge on any atom is 0.142 e. The van der Waals surface area contributed by atoms with Crippen molar-refractivity contribution in [3.8, 4) is 0 Å². The van der Waals surface area contributed by atoms with Crippen LogP contribution in [0.3, 0.4) is 0 Å². The van der Waals surface area contributed by atoms with Crippen LogP contribution in [0.25, 0.3) is 0 Å². The summed E-state index contributed by atoms with van der Waals surface area (Å²) in [6.07, 6.45) is 2.00. The Labute approximate surface area is 114 Å². The fraction of sp³-hybridized carbons (Fsp3) is 0.214. The molecule has 2 unspecified atom stereocenters. The number of aromatic nitrogens is 1. The number of hydrogen-bond donors (Lipinski definition) is 1. The third-order valence-corrected chi connectivity index (χ3v) is 3.35. The number of pyridine rings is 1.